The number of halogens is 1. The quantitative estimate of drug-likeness (QED) is 0.136. The first-order valence-corrected chi connectivity index (χ1v) is 15.2. The lowest BCUT2D eigenvalue weighted by Gasteiger charge is -2.19. The van der Waals surface area contributed by atoms with Crippen molar-refractivity contribution in [3.05, 3.63) is 82.9 Å². The number of carbonyl (C=O) groups excluding carboxylic acids is 3. The fraction of sp³-hybridized carbons (Fsp3) is 0.412. The number of esters is 1. The topological polar surface area (TPSA) is 151 Å². The van der Waals surface area contributed by atoms with Crippen LogP contribution in [0.4, 0.5) is 0 Å². The Balaban J connectivity index is 2.01. The molecule has 0 saturated carbocycles. The van der Waals surface area contributed by atoms with E-state index >= 15 is 0 Å². The highest BCUT2D eigenvalue weighted by atomic mass is 35.5. The van der Waals surface area contributed by atoms with Gasteiger partial charge < -0.3 is 30.3 Å². The zero-order valence-electron chi connectivity index (χ0n) is 26.1. The van der Waals surface area contributed by atoms with Crippen LogP contribution in [-0.4, -0.2) is 65.9 Å². The molecule has 11 heteroatoms. The number of hydrogen-bond donors (Lipinski definition) is 4. The number of amides is 2. The van der Waals surface area contributed by atoms with Gasteiger partial charge in [-0.25, -0.2) is 4.79 Å². The number of rotatable bonds is 18. The number of benzene rings is 2. The normalized spacial score (nSPS) is 14.1. The van der Waals surface area contributed by atoms with E-state index in [9.17, 15) is 29.4 Å². The van der Waals surface area contributed by atoms with Gasteiger partial charge >= 0.3 is 11.9 Å². The number of carbonyl (C=O) groups is 4. The molecule has 0 spiro atoms. The molecule has 0 aromatic heterocycles. The number of aliphatic carboxylic acids is 1. The van der Waals surface area contributed by atoms with Gasteiger partial charge in [-0.15, -0.1) is 0 Å². The highest BCUT2D eigenvalue weighted by Crippen LogP contribution is 2.25. The monoisotopic (exact) mass is 642 g/mol. The van der Waals surface area contributed by atoms with Crippen LogP contribution in [0.25, 0.3) is 6.08 Å². The lowest BCUT2D eigenvalue weighted by molar-refractivity contribution is -0.165. The van der Waals surface area contributed by atoms with Crippen LogP contribution in [0.5, 0.6) is 5.75 Å². The second-order valence-corrected chi connectivity index (χ2v) is 11.5. The molecule has 2 aromatic carbocycles. The van der Waals surface area contributed by atoms with E-state index in [2.05, 4.69) is 10.6 Å². The molecule has 2 rings (SSSR count). The third kappa shape index (κ3) is 14.0. The summed E-state index contributed by atoms with van der Waals surface area (Å²) in [6.45, 7) is 5.38. The highest BCUT2D eigenvalue weighted by molar-refractivity contribution is 6.32. The minimum absolute atomic E-state index is 0.00613. The molecule has 0 aliphatic heterocycles. The molecule has 0 aliphatic carbocycles. The van der Waals surface area contributed by atoms with Crippen LogP contribution in [-0.2, 0) is 30.3 Å². The molecular formula is C34H43ClN2O8. The predicted molar refractivity (Wildman–Crippen MR) is 173 cm³/mol. The zero-order valence-corrected chi connectivity index (χ0v) is 26.8. The van der Waals surface area contributed by atoms with Crippen molar-refractivity contribution in [3.63, 3.8) is 0 Å². The third-order valence-corrected chi connectivity index (χ3v) is 7.09. The van der Waals surface area contributed by atoms with Crippen molar-refractivity contribution in [2.45, 2.75) is 64.7 Å². The Morgan fingerprint density at radius 3 is 2.38 bits per heavy atom. The van der Waals surface area contributed by atoms with Crippen molar-refractivity contribution in [1.82, 2.24) is 10.6 Å². The first-order chi connectivity index (χ1) is 21.4. The summed E-state index contributed by atoms with van der Waals surface area (Å²) in [5.41, 5.74) is 1.67. The van der Waals surface area contributed by atoms with Crippen LogP contribution in [0, 0.1) is 11.8 Å². The van der Waals surface area contributed by atoms with Crippen LogP contribution in [0.3, 0.4) is 0 Å². The van der Waals surface area contributed by atoms with Crippen molar-refractivity contribution >= 4 is 41.4 Å². The van der Waals surface area contributed by atoms with Crippen LogP contribution in [0.15, 0.2) is 66.8 Å². The number of carboxylic acid groups (broad SMARTS) is 1. The standard InChI is InChI=1S/C34H43ClN2O8/c1-22(2)19-30(34(42)43)45-32(40)17-18-36-33(41)27(21-25-15-16-29(44-4)26(35)20-25)37-31(39)12-8-11-28(38)23(3)13-14-24-9-6-5-7-10-24/h5-10,12-16,20,22-23,27-28,30,38H,11,17-19,21H2,1-4H3,(H,36,41)(H,37,39)(H,42,43)/b12-8+,14-13+/t23-,27-,28+,30+/m1/s1. The van der Waals surface area contributed by atoms with Crippen molar-refractivity contribution in [2.75, 3.05) is 13.7 Å². The van der Waals surface area contributed by atoms with Gasteiger partial charge in [-0.2, -0.15) is 0 Å². The Morgan fingerprint density at radius 2 is 1.76 bits per heavy atom. The first kappa shape index (κ1) is 37.0. The number of carboxylic acids is 1. The van der Waals surface area contributed by atoms with Gasteiger partial charge in [0, 0.05) is 18.9 Å². The molecule has 244 valence electrons. The maximum absolute atomic E-state index is 13.1. The molecular weight excluding hydrogens is 600 g/mol. The number of aliphatic hydroxyl groups is 1. The van der Waals surface area contributed by atoms with Crippen molar-refractivity contribution in [3.8, 4) is 5.75 Å². The average Bonchev–Trinajstić information content (AvgIpc) is 2.99. The SMILES string of the molecule is COc1ccc(C[C@@H](NC(=O)/C=C/C[C@H](O)[C@H](C)/C=C/c2ccccc2)C(=O)NCCC(=O)O[C@@H](CC(C)C)C(=O)O)cc1Cl. The smallest absolute Gasteiger partial charge is 0.345 e. The van der Waals surface area contributed by atoms with Gasteiger partial charge in [0.1, 0.15) is 11.8 Å². The largest absolute Gasteiger partial charge is 0.495 e. The summed E-state index contributed by atoms with van der Waals surface area (Å²) >= 11 is 6.25. The Morgan fingerprint density at radius 1 is 1.04 bits per heavy atom. The molecule has 45 heavy (non-hydrogen) atoms. The van der Waals surface area contributed by atoms with Crippen LogP contribution in [0.2, 0.25) is 5.02 Å². The number of hydrogen-bond acceptors (Lipinski definition) is 7. The minimum Gasteiger partial charge on any atom is -0.495 e. The molecule has 0 heterocycles. The molecule has 0 unspecified atom stereocenters. The molecule has 0 aliphatic rings. The molecule has 2 amide bonds. The van der Waals surface area contributed by atoms with Gasteiger partial charge in [0.05, 0.1) is 24.7 Å². The minimum atomic E-state index is -1.27. The molecule has 4 N–H and O–H groups in total. The van der Waals surface area contributed by atoms with Gasteiger partial charge in [-0.05, 0) is 48.1 Å². The van der Waals surface area contributed by atoms with Gasteiger partial charge in [-0.3, -0.25) is 14.4 Å². The molecule has 0 saturated heterocycles. The van der Waals surface area contributed by atoms with E-state index in [0.717, 1.165) is 5.56 Å². The van der Waals surface area contributed by atoms with Crippen LogP contribution in [0.1, 0.15) is 51.2 Å². The summed E-state index contributed by atoms with van der Waals surface area (Å²) in [4.78, 5) is 49.5. The predicted octanol–water partition coefficient (Wildman–Crippen LogP) is 4.58. The summed E-state index contributed by atoms with van der Waals surface area (Å²) < 4.78 is 10.2. The second kappa shape index (κ2) is 19.3. The Kier molecular flexibility index (Phi) is 15.9. The highest BCUT2D eigenvalue weighted by Gasteiger charge is 2.24. The number of ether oxygens (including phenoxy) is 2. The zero-order chi connectivity index (χ0) is 33.4. The lowest BCUT2D eigenvalue weighted by atomic mass is 10.00. The Hall–Kier alpha value is -4.15. The van der Waals surface area contributed by atoms with E-state index in [4.69, 9.17) is 21.1 Å². The first-order valence-electron chi connectivity index (χ1n) is 14.8. The lowest BCUT2D eigenvalue weighted by Crippen LogP contribution is -2.48. The Bertz CT molecular complexity index is 1330. The maximum atomic E-state index is 13.1. The van der Waals surface area contributed by atoms with Crippen LogP contribution < -0.4 is 15.4 Å². The van der Waals surface area contributed by atoms with E-state index in [0.29, 0.717) is 16.3 Å². The van der Waals surface area contributed by atoms with Crippen LogP contribution >= 0.6 is 11.6 Å². The number of aliphatic hydroxyl groups excluding tert-OH is 1. The molecule has 2 aromatic rings. The molecule has 0 fully saturated rings. The summed E-state index contributed by atoms with van der Waals surface area (Å²) in [5.74, 6) is -2.82. The van der Waals surface area contributed by atoms with E-state index in [1.165, 1.54) is 19.3 Å². The van der Waals surface area contributed by atoms with Crippen molar-refractivity contribution < 1.29 is 38.9 Å². The third-order valence-electron chi connectivity index (χ3n) is 6.80. The molecule has 4 atom stereocenters. The molecule has 0 bridgehead atoms. The van der Waals surface area contributed by atoms with E-state index in [-0.39, 0.29) is 44.1 Å². The van der Waals surface area contributed by atoms with Gasteiger partial charge in [0.2, 0.25) is 11.8 Å². The summed E-state index contributed by atoms with van der Waals surface area (Å²) in [6.07, 6.45) is 4.84. The summed E-state index contributed by atoms with van der Waals surface area (Å²) in [7, 11) is 1.48. The molecule has 0 radical (unpaired) electrons. The van der Waals surface area contributed by atoms with Gasteiger partial charge in [0.25, 0.3) is 0 Å². The number of methoxy groups -OCH3 is 1. The van der Waals surface area contributed by atoms with Gasteiger partial charge in [-0.1, -0.05) is 87.0 Å². The van der Waals surface area contributed by atoms with Gasteiger partial charge in [0.15, 0.2) is 6.10 Å². The second-order valence-electron chi connectivity index (χ2n) is 11.1. The van der Waals surface area contributed by atoms with E-state index in [1.54, 1.807) is 18.2 Å². The van der Waals surface area contributed by atoms with Crippen molar-refractivity contribution in [1.29, 1.82) is 0 Å². The average molecular weight is 643 g/mol. The summed E-state index contributed by atoms with van der Waals surface area (Å²) in [5, 5.41) is 25.4. The maximum Gasteiger partial charge on any atom is 0.345 e. The number of nitrogens with one attached hydrogen (secondary N) is 2. The fourth-order valence-electron chi connectivity index (χ4n) is 4.24. The van der Waals surface area contributed by atoms with Crippen molar-refractivity contribution in [2.24, 2.45) is 11.8 Å². The fourth-order valence-corrected chi connectivity index (χ4v) is 4.52. The van der Waals surface area contributed by atoms with E-state index < -0.39 is 42.0 Å². The molecule has 10 nitrogen and oxygen atoms in total. The van der Waals surface area contributed by atoms with E-state index in [1.807, 2.05) is 63.3 Å². The Labute approximate surface area is 269 Å². The summed E-state index contributed by atoms with van der Waals surface area (Å²) in [6, 6.07) is 13.7.